The van der Waals surface area contributed by atoms with Gasteiger partial charge >= 0.3 is 5.97 Å². The highest BCUT2D eigenvalue weighted by molar-refractivity contribution is 6.03. The predicted molar refractivity (Wildman–Crippen MR) is 98.3 cm³/mol. The number of Topliss-reactive ketones (excluding diaryl/α,β-unsaturated/α-hetero) is 1. The normalized spacial score (nSPS) is 21.1. The minimum absolute atomic E-state index is 0.0831. The van der Waals surface area contributed by atoms with Crippen LogP contribution in [0.15, 0.2) is 40.7 Å². The van der Waals surface area contributed by atoms with Crippen LogP contribution in [-0.4, -0.2) is 25.2 Å². The molecule has 0 aromatic heterocycles. The standard InChI is InChI=1S/C21H23NO5/c1-3-9-25-21(24)18-12(2)22-14-5-4-6-15(23)20(14)19(18)13-7-8-16-17(10-13)27-11-26-16/h7-8,10,19,22H,3-6,9,11H2,1-2H3. The molecule has 4 rings (SSSR count). The van der Waals surface area contributed by atoms with Gasteiger partial charge in [-0.15, -0.1) is 0 Å². The number of benzene rings is 1. The lowest BCUT2D eigenvalue weighted by Gasteiger charge is -2.34. The molecule has 0 radical (unpaired) electrons. The topological polar surface area (TPSA) is 73.9 Å². The van der Waals surface area contributed by atoms with Crippen molar-refractivity contribution in [2.45, 2.75) is 45.4 Å². The van der Waals surface area contributed by atoms with Gasteiger partial charge < -0.3 is 19.5 Å². The Morgan fingerprint density at radius 2 is 2.07 bits per heavy atom. The van der Waals surface area contributed by atoms with Crippen molar-refractivity contribution in [3.8, 4) is 11.5 Å². The summed E-state index contributed by atoms with van der Waals surface area (Å²) in [6, 6.07) is 5.60. The lowest BCUT2D eigenvalue weighted by atomic mass is 9.75. The summed E-state index contributed by atoms with van der Waals surface area (Å²) in [6.07, 6.45) is 2.86. The number of carbonyl (C=O) groups is 2. The molecule has 0 fully saturated rings. The molecule has 2 aliphatic heterocycles. The first kappa shape index (κ1) is 17.6. The molecule has 1 aromatic rings. The number of fused-ring (bicyclic) bond motifs is 1. The van der Waals surface area contributed by atoms with Crippen molar-refractivity contribution < 1.29 is 23.8 Å². The molecule has 6 heteroatoms. The van der Waals surface area contributed by atoms with Gasteiger partial charge in [0, 0.05) is 29.3 Å². The van der Waals surface area contributed by atoms with Gasteiger partial charge in [-0.05, 0) is 43.9 Å². The molecule has 27 heavy (non-hydrogen) atoms. The molecule has 3 aliphatic rings. The Bertz CT molecular complexity index is 867. The Balaban J connectivity index is 1.82. The van der Waals surface area contributed by atoms with Crippen molar-refractivity contribution >= 4 is 11.8 Å². The van der Waals surface area contributed by atoms with E-state index in [0.717, 1.165) is 36.2 Å². The number of ketones is 1. The smallest absolute Gasteiger partial charge is 0.336 e. The summed E-state index contributed by atoms with van der Waals surface area (Å²) in [5.41, 5.74) is 3.67. The minimum atomic E-state index is -0.451. The highest BCUT2D eigenvalue weighted by Crippen LogP contribution is 2.45. The summed E-state index contributed by atoms with van der Waals surface area (Å²) in [7, 11) is 0. The Morgan fingerprint density at radius 1 is 1.26 bits per heavy atom. The summed E-state index contributed by atoms with van der Waals surface area (Å²) in [6.45, 7) is 4.35. The van der Waals surface area contributed by atoms with Gasteiger partial charge in [0.1, 0.15) is 0 Å². The van der Waals surface area contributed by atoms with E-state index < -0.39 is 5.92 Å². The molecule has 2 heterocycles. The molecule has 0 spiro atoms. The quantitative estimate of drug-likeness (QED) is 0.821. The van der Waals surface area contributed by atoms with Gasteiger partial charge in [-0.25, -0.2) is 4.79 Å². The maximum Gasteiger partial charge on any atom is 0.336 e. The largest absolute Gasteiger partial charge is 0.462 e. The number of dihydropyridines is 1. The fourth-order valence-corrected chi connectivity index (χ4v) is 3.95. The van der Waals surface area contributed by atoms with E-state index in [9.17, 15) is 9.59 Å². The molecule has 142 valence electrons. The van der Waals surface area contributed by atoms with Crippen molar-refractivity contribution in [3.63, 3.8) is 0 Å². The molecular weight excluding hydrogens is 346 g/mol. The van der Waals surface area contributed by atoms with Gasteiger partial charge in [0.15, 0.2) is 17.3 Å². The van der Waals surface area contributed by atoms with Crippen molar-refractivity contribution in [1.29, 1.82) is 0 Å². The summed E-state index contributed by atoms with van der Waals surface area (Å²) >= 11 is 0. The molecular formula is C21H23NO5. The first-order valence-electron chi connectivity index (χ1n) is 9.40. The third-order valence-corrected chi connectivity index (χ3v) is 5.16. The first-order chi connectivity index (χ1) is 13.1. The fraction of sp³-hybridized carbons (Fsp3) is 0.429. The van der Waals surface area contributed by atoms with E-state index in [1.165, 1.54) is 0 Å². The van der Waals surface area contributed by atoms with Gasteiger partial charge in [-0.2, -0.15) is 0 Å². The second-order valence-electron chi connectivity index (χ2n) is 7.01. The molecule has 0 saturated heterocycles. The number of hydrogen-bond donors (Lipinski definition) is 1. The number of hydrogen-bond acceptors (Lipinski definition) is 6. The lowest BCUT2D eigenvalue weighted by molar-refractivity contribution is -0.139. The van der Waals surface area contributed by atoms with E-state index in [1.807, 2.05) is 32.0 Å². The van der Waals surface area contributed by atoms with Crippen LogP contribution in [0, 0.1) is 0 Å². The third kappa shape index (κ3) is 3.09. The second-order valence-corrected chi connectivity index (χ2v) is 7.01. The Hall–Kier alpha value is -2.76. The Kier molecular flexibility index (Phi) is 4.64. The summed E-state index contributed by atoms with van der Waals surface area (Å²) < 4.78 is 16.3. The SMILES string of the molecule is CCCOC(=O)C1=C(C)NC2=C(C(=O)CCC2)C1c1ccc2c(c1)OCO2. The molecule has 1 unspecified atom stereocenters. The Labute approximate surface area is 158 Å². The van der Waals surface area contributed by atoms with Crippen LogP contribution in [0.1, 0.15) is 51.0 Å². The van der Waals surface area contributed by atoms with Crippen molar-refractivity contribution in [1.82, 2.24) is 5.32 Å². The Morgan fingerprint density at radius 3 is 2.89 bits per heavy atom. The van der Waals surface area contributed by atoms with E-state index in [-0.39, 0.29) is 18.5 Å². The van der Waals surface area contributed by atoms with E-state index in [4.69, 9.17) is 14.2 Å². The zero-order valence-electron chi connectivity index (χ0n) is 15.6. The van der Waals surface area contributed by atoms with Gasteiger partial charge in [0.05, 0.1) is 12.2 Å². The van der Waals surface area contributed by atoms with Crippen LogP contribution in [-0.2, 0) is 14.3 Å². The number of nitrogens with one attached hydrogen (secondary N) is 1. The first-order valence-corrected chi connectivity index (χ1v) is 9.40. The van der Waals surface area contributed by atoms with E-state index in [2.05, 4.69) is 5.32 Å². The highest BCUT2D eigenvalue weighted by atomic mass is 16.7. The van der Waals surface area contributed by atoms with E-state index in [0.29, 0.717) is 35.7 Å². The number of ether oxygens (including phenoxy) is 3. The van der Waals surface area contributed by atoms with Crippen LogP contribution in [0.4, 0.5) is 0 Å². The highest BCUT2D eigenvalue weighted by Gasteiger charge is 2.39. The maximum absolute atomic E-state index is 12.9. The molecule has 0 saturated carbocycles. The van der Waals surface area contributed by atoms with Crippen LogP contribution in [0.25, 0.3) is 0 Å². The lowest BCUT2D eigenvalue weighted by Crippen LogP contribution is -2.34. The summed E-state index contributed by atoms with van der Waals surface area (Å²) in [5.74, 6) is 0.560. The molecule has 0 amide bonds. The van der Waals surface area contributed by atoms with Crippen LogP contribution in [0.3, 0.4) is 0 Å². The average Bonchev–Trinajstić information content (AvgIpc) is 3.13. The number of esters is 1. The van der Waals surface area contributed by atoms with Gasteiger partial charge in [0.2, 0.25) is 6.79 Å². The minimum Gasteiger partial charge on any atom is -0.462 e. The number of allylic oxidation sites excluding steroid dienone is 3. The molecule has 1 atom stereocenters. The predicted octanol–water partition coefficient (Wildman–Crippen LogP) is 3.34. The fourth-order valence-electron chi connectivity index (χ4n) is 3.95. The van der Waals surface area contributed by atoms with Gasteiger partial charge in [0.25, 0.3) is 0 Å². The van der Waals surface area contributed by atoms with Crippen LogP contribution < -0.4 is 14.8 Å². The molecule has 6 nitrogen and oxygen atoms in total. The van der Waals surface area contributed by atoms with Gasteiger partial charge in [-0.1, -0.05) is 13.0 Å². The monoisotopic (exact) mass is 369 g/mol. The zero-order valence-corrected chi connectivity index (χ0v) is 15.6. The average molecular weight is 369 g/mol. The van der Waals surface area contributed by atoms with Crippen LogP contribution in [0.2, 0.25) is 0 Å². The van der Waals surface area contributed by atoms with Crippen LogP contribution >= 0.6 is 0 Å². The third-order valence-electron chi connectivity index (χ3n) is 5.16. The molecule has 0 bridgehead atoms. The van der Waals surface area contributed by atoms with E-state index >= 15 is 0 Å². The van der Waals surface area contributed by atoms with Crippen molar-refractivity contribution in [2.24, 2.45) is 0 Å². The molecule has 1 aliphatic carbocycles. The van der Waals surface area contributed by atoms with Crippen molar-refractivity contribution in [3.05, 3.63) is 46.3 Å². The van der Waals surface area contributed by atoms with Crippen molar-refractivity contribution in [2.75, 3.05) is 13.4 Å². The number of rotatable bonds is 4. The number of carbonyl (C=O) groups excluding carboxylic acids is 2. The van der Waals surface area contributed by atoms with Crippen LogP contribution in [0.5, 0.6) is 11.5 Å². The van der Waals surface area contributed by atoms with E-state index in [1.54, 1.807) is 0 Å². The second kappa shape index (κ2) is 7.10. The summed E-state index contributed by atoms with van der Waals surface area (Å²) in [5, 5.41) is 3.29. The van der Waals surface area contributed by atoms with Gasteiger partial charge in [-0.3, -0.25) is 4.79 Å². The zero-order chi connectivity index (χ0) is 19.0. The maximum atomic E-state index is 12.9. The molecule has 1 aromatic carbocycles. The molecule has 1 N–H and O–H groups in total. The summed E-state index contributed by atoms with van der Waals surface area (Å²) in [4.78, 5) is 25.7.